The fraction of sp³-hybridized carbons (Fsp3) is 0.583. The molecule has 41 heavy (non-hydrogen) atoms. The first kappa shape index (κ1) is 38.4. The van der Waals surface area contributed by atoms with Crippen LogP contribution in [0.3, 0.4) is 0 Å². The fourth-order valence-corrected chi connectivity index (χ4v) is 4.28. The number of carbonyl (C=O) groups excluding carboxylic acids is 1. The van der Waals surface area contributed by atoms with Gasteiger partial charge in [-0.3, -0.25) is 0 Å². The third kappa shape index (κ3) is 22.7. The molecule has 0 aliphatic heterocycles. The van der Waals surface area contributed by atoms with E-state index in [-0.39, 0.29) is 6.61 Å². The van der Waals surface area contributed by atoms with Crippen LogP contribution >= 0.6 is 0 Å². The molecule has 2 N–H and O–H groups in total. The number of aliphatic hydroxyl groups excluding tert-OH is 2. The van der Waals surface area contributed by atoms with E-state index in [1.165, 1.54) is 108 Å². The summed E-state index contributed by atoms with van der Waals surface area (Å²) in [4.78, 5) is 9.14. The van der Waals surface area contributed by atoms with Crippen LogP contribution in [0.4, 0.5) is 0 Å². The normalized spacial score (nSPS) is 11.0. The molecule has 0 saturated carbocycles. The molecule has 0 aliphatic rings. The van der Waals surface area contributed by atoms with E-state index in [0.29, 0.717) is 0 Å². The molecule has 0 fully saturated rings. The lowest BCUT2D eigenvalue weighted by Crippen LogP contribution is -2.17. The van der Waals surface area contributed by atoms with Gasteiger partial charge in [0.2, 0.25) is 0 Å². The molecule has 0 aliphatic carbocycles. The molecule has 0 aromatic heterocycles. The van der Waals surface area contributed by atoms with Crippen LogP contribution in [-0.2, 0) is 17.6 Å². The summed E-state index contributed by atoms with van der Waals surface area (Å²) in [5.41, 5.74) is 2.70. The second kappa shape index (κ2) is 27.5. The molecule has 2 aromatic rings. The highest BCUT2D eigenvalue weighted by molar-refractivity contribution is 5.76. The van der Waals surface area contributed by atoms with Gasteiger partial charge in [-0.15, -0.1) is 0 Å². The maximum atomic E-state index is 9.14. The van der Waals surface area contributed by atoms with E-state index < -0.39 is 12.1 Å². The van der Waals surface area contributed by atoms with E-state index in [1.807, 2.05) is 0 Å². The van der Waals surface area contributed by atoms with Gasteiger partial charge in [-0.1, -0.05) is 134 Å². The van der Waals surface area contributed by atoms with E-state index in [0.717, 1.165) is 30.4 Å². The molecule has 5 heteroatoms. The van der Waals surface area contributed by atoms with Crippen molar-refractivity contribution in [1.29, 1.82) is 0 Å². The molecule has 2 rings (SSSR count). The standard InChI is InChI=1S/C30H46O.C3H8O2.C3H4O2/c1-3-5-7-9-11-13-15-21-27-23-17-19-25-29(27)31-30-26-20-18-24-28(30)22-16-14-12-10-8-6-4-2;1-3(5)2-4;1-2-3(4)5/h17-20,23-26H,3-16,21-22H2,1-2H3;3-5H,2H2,1H3;2H,1H2,(H,4,5)/p-1. The lowest BCUT2D eigenvalue weighted by molar-refractivity contribution is -0.297. The Kier molecular flexibility index (Phi) is 25.8. The predicted octanol–water partition coefficient (Wildman–Crippen LogP) is 8.35. The average molecular weight is 570 g/mol. The van der Waals surface area contributed by atoms with Gasteiger partial charge in [-0.2, -0.15) is 0 Å². The number of ether oxygens (including phenoxy) is 1. The molecular formula is C36H57O5-. The molecule has 0 spiro atoms. The zero-order valence-corrected chi connectivity index (χ0v) is 26.1. The van der Waals surface area contributed by atoms with Crippen LogP contribution in [0.15, 0.2) is 61.2 Å². The minimum absolute atomic E-state index is 0.139. The van der Waals surface area contributed by atoms with Crippen LogP contribution < -0.4 is 9.84 Å². The van der Waals surface area contributed by atoms with Crippen molar-refractivity contribution in [1.82, 2.24) is 0 Å². The number of carboxylic acid groups (broad SMARTS) is 1. The van der Waals surface area contributed by atoms with Gasteiger partial charge in [0.1, 0.15) is 11.5 Å². The van der Waals surface area contributed by atoms with Gasteiger partial charge < -0.3 is 24.9 Å². The Morgan fingerprint density at radius 2 is 1.07 bits per heavy atom. The fourth-order valence-electron chi connectivity index (χ4n) is 4.28. The zero-order valence-electron chi connectivity index (χ0n) is 26.1. The Labute approximate surface area is 250 Å². The summed E-state index contributed by atoms with van der Waals surface area (Å²) in [6.45, 7) is 8.85. The number of unbranched alkanes of at least 4 members (excludes halogenated alkanes) is 12. The Hall–Kier alpha value is -2.63. The van der Waals surface area contributed by atoms with Gasteiger partial charge in [-0.05, 0) is 61.9 Å². The maximum Gasteiger partial charge on any atom is 0.130 e. The highest BCUT2D eigenvalue weighted by Gasteiger charge is 2.08. The maximum absolute atomic E-state index is 9.14. The molecule has 0 saturated heterocycles. The highest BCUT2D eigenvalue weighted by Crippen LogP contribution is 2.30. The summed E-state index contributed by atoms with van der Waals surface area (Å²) >= 11 is 0. The molecule has 0 amide bonds. The Bertz CT molecular complexity index is 834. The van der Waals surface area contributed by atoms with E-state index in [1.54, 1.807) is 0 Å². The summed E-state index contributed by atoms with van der Waals surface area (Å²) in [7, 11) is 0. The van der Waals surface area contributed by atoms with Crippen molar-refractivity contribution in [3.05, 3.63) is 72.3 Å². The van der Waals surface area contributed by atoms with E-state index >= 15 is 0 Å². The molecular weight excluding hydrogens is 512 g/mol. The van der Waals surface area contributed by atoms with Crippen molar-refractivity contribution in [2.45, 2.75) is 130 Å². The number of aliphatic carboxylic acids is 1. The van der Waals surface area contributed by atoms with Crippen LogP contribution in [-0.4, -0.2) is 28.9 Å². The summed E-state index contributed by atoms with van der Waals surface area (Å²) in [5.74, 6) is 0.853. The number of aryl methyl sites for hydroxylation is 2. The summed E-state index contributed by atoms with van der Waals surface area (Å²) < 4.78 is 6.46. The third-order valence-corrected chi connectivity index (χ3v) is 6.70. The van der Waals surface area contributed by atoms with Gasteiger partial charge in [0.15, 0.2) is 0 Å². The minimum atomic E-state index is -1.23. The Morgan fingerprint density at radius 3 is 1.39 bits per heavy atom. The number of hydrogen-bond donors (Lipinski definition) is 2. The monoisotopic (exact) mass is 569 g/mol. The topological polar surface area (TPSA) is 89.8 Å². The van der Waals surface area contributed by atoms with Crippen LogP contribution in [0.1, 0.15) is 122 Å². The van der Waals surface area contributed by atoms with Crippen LogP contribution in [0.2, 0.25) is 0 Å². The number of para-hydroxylation sites is 2. The largest absolute Gasteiger partial charge is 0.545 e. The SMILES string of the molecule is C=CC(=O)[O-].CC(O)CO.CCCCCCCCCc1ccccc1Oc1ccccc1CCCCCCCCC. The Balaban J connectivity index is 0.00000137. The number of carbonyl (C=O) groups is 1. The zero-order chi connectivity index (χ0) is 30.6. The lowest BCUT2D eigenvalue weighted by Gasteiger charge is -2.14. The van der Waals surface area contributed by atoms with Crippen molar-refractivity contribution < 1.29 is 24.9 Å². The van der Waals surface area contributed by atoms with Gasteiger partial charge in [0.25, 0.3) is 0 Å². The quantitative estimate of drug-likeness (QED) is 0.124. The van der Waals surface area contributed by atoms with Crippen LogP contribution in [0.5, 0.6) is 11.5 Å². The van der Waals surface area contributed by atoms with E-state index in [2.05, 4.69) is 69.0 Å². The van der Waals surface area contributed by atoms with Crippen LogP contribution in [0, 0.1) is 0 Å². The number of benzene rings is 2. The molecule has 1 atom stereocenters. The van der Waals surface area contributed by atoms with Crippen LogP contribution in [0.25, 0.3) is 0 Å². The van der Waals surface area contributed by atoms with E-state index in [4.69, 9.17) is 24.9 Å². The Morgan fingerprint density at radius 1 is 0.756 bits per heavy atom. The van der Waals surface area contributed by atoms with E-state index in [9.17, 15) is 0 Å². The molecule has 1 unspecified atom stereocenters. The van der Waals surface area contributed by atoms with Gasteiger partial charge in [0, 0.05) is 0 Å². The first-order chi connectivity index (χ1) is 19.9. The number of rotatable bonds is 20. The smallest absolute Gasteiger partial charge is 0.130 e. The molecule has 0 radical (unpaired) electrons. The van der Waals surface area contributed by atoms with Crippen molar-refractivity contribution in [3.8, 4) is 11.5 Å². The first-order valence-corrected chi connectivity index (χ1v) is 15.8. The minimum Gasteiger partial charge on any atom is -0.545 e. The second-order valence-corrected chi connectivity index (χ2v) is 10.6. The number of carboxylic acids is 1. The summed E-state index contributed by atoms with van der Waals surface area (Å²) in [5, 5.41) is 25.1. The second-order valence-electron chi connectivity index (χ2n) is 10.6. The van der Waals surface area contributed by atoms with Crippen molar-refractivity contribution in [3.63, 3.8) is 0 Å². The predicted molar refractivity (Wildman–Crippen MR) is 170 cm³/mol. The first-order valence-electron chi connectivity index (χ1n) is 15.8. The van der Waals surface area contributed by atoms with Gasteiger partial charge >= 0.3 is 0 Å². The number of aliphatic hydroxyl groups is 2. The lowest BCUT2D eigenvalue weighted by atomic mass is 10.0. The summed E-state index contributed by atoms with van der Waals surface area (Å²) in [6, 6.07) is 17.3. The molecule has 5 nitrogen and oxygen atoms in total. The molecule has 232 valence electrons. The average Bonchev–Trinajstić information content (AvgIpc) is 2.98. The van der Waals surface area contributed by atoms with Crippen molar-refractivity contribution in [2.75, 3.05) is 6.61 Å². The van der Waals surface area contributed by atoms with Crippen molar-refractivity contribution >= 4 is 5.97 Å². The van der Waals surface area contributed by atoms with Crippen molar-refractivity contribution in [2.24, 2.45) is 0 Å². The molecule has 0 heterocycles. The number of hydrogen-bond acceptors (Lipinski definition) is 5. The van der Waals surface area contributed by atoms with Gasteiger partial charge in [-0.25, -0.2) is 0 Å². The summed E-state index contributed by atoms with van der Waals surface area (Å²) in [6.07, 6.45) is 21.3. The highest BCUT2D eigenvalue weighted by atomic mass is 16.5. The van der Waals surface area contributed by atoms with Gasteiger partial charge in [0.05, 0.1) is 18.7 Å². The third-order valence-electron chi connectivity index (χ3n) is 6.70. The molecule has 0 bridgehead atoms. The molecule has 2 aromatic carbocycles.